The quantitative estimate of drug-likeness (QED) is 0.554. The second kappa shape index (κ2) is 8.15. The second-order valence-electron chi connectivity index (χ2n) is 5.31. The molecule has 8 nitrogen and oxygen atoms in total. The zero-order valence-electron chi connectivity index (χ0n) is 13.7. The first-order valence-corrected chi connectivity index (χ1v) is 8.48. The molecule has 0 bridgehead atoms. The fourth-order valence-electron chi connectivity index (χ4n) is 2.42. The number of benzene rings is 1. The lowest BCUT2D eigenvalue weighted by Gasteiger charge is -2.27. The number of ketones is 2. The van der Waals surface area contributed by atoms with E-state index in [1.54, 1.807) is 18.2 Å². The molecule has 1 N–H and O–H groups in total. The fourth-order valence-corrected chi connectivity index (χ4v) is 2.67. The number of hydrogen-bond acceptors (Lipinski definition) is 7. The number of likely N-dealkylation sites (N-methyl/N-ethyl adjacent to an activating group) is 1. The molecule has 9 heteroatoms. The number of carbonyl (C=O) groups excluding carboxylic acids is 3. The highest BCUT2D eigenvalue weighted by Crippen LogP contribution is 2.26. The summed E-state index contributed by atoms with van der Waals surface area (Å²) in [6.45, 7) is 1.43. The van der Waals surface area contributed by atoms with Gasteiger partial charge >= 0.3 is 0 Å². The van der Waals surface area contributed by atoms with E-state index in [1.807, 2.05) is 0 Å². The lowest BCUT2D eigenvalue weighted by atomic mass is 9.89. The summed E-state index contributed by atoms with van der Waals surface area (Å²) in [6, 6.07) is 6.39. The highest BCUT2D eigenvalue weighted by atomic mass is 32.2. The number of nitrogens with zero attached hydrogens (tertiary/aromatic N) is 1. The summed E-state index contributed by atoms with van der Waals surface area (Å²) in [5, 5.41) is 2.84. The average Bonchev–Trinajstić information content (AvgIpc) is 2.58. The SMILES string of the molecule is CC(=O)N(C)C1=C(NCCCOS(=O)[O-])C(=O)c2ccccc2C1=O. The van der Waals surface area contributed by atoms with Gasteiger partial charge in [-0.3, -0.25) is 14.4 Å². The Labute approximate surface area is 147 Å². The zero-order chi connectivity index (χ0) is 18.6. The molecule has 134 valence electrons. The largest absolute Gasteiger partial charge is 0.750 e. The molecular weight excluding hydrogens is 348 g/mol. The van der Waals surface area contributed by atoms with E-state index < -0.39 is 22.9 Å². The molecule has 1 aromatic rings. The van der Waals surface area contributed by atoms with Gasteiger partial charge in [0.1, 0.15) is 11.4 Å². The minimum absolute atomic E-state index is 0.0182. The van der Waals surface area contributed by atoms with E-state index in [0.29, 0.717) is 0 Å². The monoisotopic (exact) mass is 365 g/mol. The van der Waals surface area contributed by atoms with Crippen LogP contribution in [-0.2, 0) is 20.3 Å². The Kier molecular flexibility index (Phi) is 6.18. The molecule has 0 aliphatic heterocycles. The third-order valence-electron chi connectivity index (χ3n) is 3.71. The molecule has 0 fully saturated rings. The number of allylic oxidation sites excluding steroid dienone is 2. The van der Waals surface area contributed by atoms with Gasteiger partial charge in [-0.1, -0.05) is 24.3 Å². The minimum Gasteiger partial charge on any atom is -0.750 e. The highest BCUT2D eigenvalue weighted by Gasteiger charge is 2.34. The Bertz CT molecular complexity index is 774. The number of hydrogen-bond donors (Lipinski definition) is 1. The summed E-state index contributed by atoms with van der Waals surface area (Å²) in [7, 11) is 1.42. The molecule has 0 spiro atoms. The third kappa shape index (κ3) is 4.19. The van der Waals surface area contributed by atoms with Crippen LogP contribution in [0.4, 0.5) is 0 Å². The van der Waals surface area contributed by atoms with Crippen LogP contribution in [0, 0.1) is 0 Å². The van der Waals surface area contributed by atoms with Crippen LogP contribution >= 0.6 is 0 Å². The van der Waals surface area contributed by atoms with Crippen molar-refractivity contribution in [1.82, 2.24) is 10.2 Å². The summed E-state index contributed by atoms with van der Waals surface area (Å²) in [6.07, 6.45) is 0.289. The number of Topliss-reactive ketones (excluding diaryl/α,β-unsaturated/α-hetero) is 2. The highest BCUT2D eigenvalue weighted by molar-refractivity contribution is 7.74. The molecule has 1 aliphatic carbocycles. The molecule has 0 radical (unpaired) electrons. The summed E-state index contributed by atoms with van der Waals surface area (Å²) in [5.41, 5.74) is 0.494. The number of nitrogens with one attached hydrogen (secondary N) is 1. The van der Waals surface area contributed by atoms with Gasteiger partial charge in [0, 0.05) is 31.6 Å². The van der Waals surface area contributed by atoms with Crippen LogP contribution in [0.5, 0.6) is 0 Å². The Hall–Kier alpha value is -2.36. The maximum atomic E-state index is 12.7. The fraction of sp³-hybridized carbons (Fsp3) is 0.312. The van der Waals surface area contributed by atoms with E-state index in [1.165, 1.54) is 20.0 Å². The van der Waals surface area contributed by atoms with Gasteiger partial charge in [0.05, 0.1) is 18.0 Å². The van der Waals surface area contributed by atoms with Gasteiger partial charge in [0.2, 0.25) is 17.5 Å². The van der Waals surface area contributed by atoms with Gasteiger partial charge in [-0.2, -0.15) is 0 Å². The van der Waals surface area contributed by atoms with Crippen LogP contribution < -0.4 is 5.32 Å². The number of carbonyl (C=O) groups is 3. The van der Waals surface area contributed by atoms with Crippen molar-refractivity contribution in [3.05, 3.63) is 46.8 Å². The predicted molar refractivity (Wildman–Crippen MR) is 88.1 cm³/mol. The maximum absolute atomic E-state index is 12.7. The predicted octanol–water partition coefficient (Wildman–Crippen LogP) is 0.546. The van der Waals surface area contributed by atoms with Crippen molar-refractivity contribution in [2.45, 2.75) is 13.3 Å². The van der Waals surface area contributed by atoms with E-state index in [0.717, 1.165) is 4.90 Å². The lowest BCUT2D eigenvalue weighted by Crippen LogP contribution is -2.39. The van der Waals surface area contributed by atoms with Crippen LogP contribution in [0.1, 0.15) is 34.1 Å². The lowest BCUT2D eigenvalue weighted by molar-refractivity contribution is -0.125. The molecule has 0 heterocycles. The van der Waals surface area contributed by atoms with Crippen molar-refractivity contribution in [3.8, 4) is 0 Å². The van der Waals surface area contributed by atoms with Crippen molar-refractivity contribution < 1.29 is 27.3 Å². The van der Waals surface area contributed by atoms with Gasteiger partial charge in [-0.25, -0.2) is 4.21 Å². The maximum Gasteiger partial charge on any atom is 0.223 e. The molecule has 25 heavy (non-hydrogen) atoms. The standard InChI is InChI=1S/C16H18N2O6S/c1-10(19)18(2)14-13(17-8-5-9-24-25(22)23)15(20)11-6-3-4-7-12(11)16(14)21/h3-4,6-7,17H,5,8-9H2,1-2H3,(H,22,23)/p-1. The Morgan fingerprint density at radius 3 is 2.40 bits per heavy atom. The van der Waals surface area contributed by atoms with E-state index in [4.69, 9.17) is 0 Å². The molecule has 1 unspecified atom stereocenters. The molecule has 1 atom stereocenters. The first kappa shape index (κ1) is 19.0. The Balaban J connectivity index is 2.30. The van der Waals surface area contributed by atoms with Gasteiger partial charge in [-0.15, -0.1) is 0 Å². The van der Waals surface area contributed by atoms with Crippen LogP contribution in [0.15, 0.2) is 35.7 Å². The van der Waals surface area contributed by atoms with Crippen LogP contribution in [0.25, 0.3) is 0 Å². The number of rotatable bonds is 7. The van der Waals surface area contributed by atoms with Crippen LogP contribution in [-0.4, -0.2) is 51.3 Å². The first-order valence-electron chi connectivity index (χ1n) is 7.48. The van der Waals surface area contributed by atoms with Crippen LogP contribution in [0.2, 0.25) is 0 Å². The van der Waals surface area contributed by atoms with E-state index in [9.17, 15) is 23.1 Å². The topological polar surface area (TPSA) is 116 Å². The average molecular weight is 365 g/mol. The van der Waals surface area contributed by atoms with E-state index >= 15 is 0 Å². The summed E-state index contributed by atoms with van der Waals surface area (Å²) < 4.78 is 25.0. The molecular formula is C16H17N2O6S-. The molecule has 0 aromatic heterocycles. The normalized spacial score (nSPS) is 15.0. The van der Waals surface area contributed by atoms with E-state index in [2.05, 4.69) is 9.50 Å². The summed E-state index contributed by atoms with van der Waals surface area (Å²) in [4.78, 5) is 38.3. The Morgan fingerprint density at radius 1 is 1.24 bits per heavy atom. The second-order valence-corrected chi connectivity index (χ2v) is 5.96. The van der Waals surface area contributed by atoms with E-state index in [-0.39, 0.29) is 48.0 Å². The first-order chi connectivity index (χ1) is 11.8. The third-order valence-corrected chi connectivity index (χ3v) is 4.06. The molecule has 1 aromatic carbocycles. The van der Waals surface area contributed by atoms with Crippen LogP contribution in [0.3, 0.4) is 0 Å². The minimum atomic E-state index is -2.60. The van der Waals surface area contributed by atoms with Gasteiger partial charge < -0.3 is 19.0 Å². The van der Waals surface area contributed by atoms with Gasteiger partial charge in [0.25, 0.3) is 0 Å². The number of amides is 1. The Morgan fingerprint density at radius 2 is 1.84 bits per heavy atom. The molecule has 1 amide bonds. The molecule has 2 rings (SSSR count). The van der Waals surface area contributed by atoms with Gasteiger partial charge in [0.15, 0.2) is 0 Å². The zero-order valence-corrected chi connectivity index (χ0v) is 14.6. The van der Waals surface area contributed by atoms with Crippen molar-refractivity contribution >= 4 is 28.8 Å². The van der Waals surface area contributed by atoms with Crippen molar-refractivity contribution in [2.24, 2.45) is 0 Å². The molecule has 0 saturated heterocycles. The van der Waals surface area contributed by atoms with Crippen molar-refractivity contribution in [1.29, 1.82) is 0 Å². The summed E-state index contributed by atoms with van der Waals surface area (Å²) in [5.74, 6) is -1.21. The molecule has 1 aliphatic rings. The summed E-state index contributed by atoms with van der Waals surface area (Å²) >= 11 is -2.60. The van der Waals surface area contributed by atoms with Gasteiger partial charge in [-0.05, 0) is 6.42 Å². The molecule has 0 saturated carbocycles. The van der Waals surface area contributed by atoms with Crippen molar-refractivity contribution in [2.75, 3.05) is 20.2 Å². The van der Waals surface area contributed by atoms with Crippen molar-refractivity contribution in [3.63, 3.8) is 0 Å². The smallest absolute Gasteiger partial charge is 0.223 e. The number of fused-ring (bicyclic) bond motifs is 1.